The van der Waals surface area contributed by atoms with Crippen molar-refractivity contribution in [2.45, 2.75) is 187 Å². The molecule has 0 aromatic rings. The second-order valence-electron chi connectivity index (χ2n) is 12.4. The highest BCUT2D eigenvalue weighted by molar-refractivity contribution is 6.84. The Morgan fingerprint density at radius 3 is 0.850 bits per heavy atom. The Balaban J connectivity index is 3.82. The Labute approximate surface area is 254 Å². The van der Waals surface area contributed by atoms with E-state index in [-0.39, 0.29) is 0 Å². The lowest BCUT2D eigenvalue weighted by Crippen LogP contribution is -2.50. The third kappa shape index (κ3) is 25.5. The van der Waals surface area contributed by atoms with Crippen LogP contribution in [0.15, 0.2) is 24.6 Å². The molecule has 0 aromatic heterocycles. The lowest BCUT2D eigenvalue weighted by atomic mass is 10.0. The van der Waals surface area contributed by atoms with Gasteiger partial charge in [0, 0.05) is 13.2 Å². The van der Waals surface area contributed by atoms with E-state index < -0.39 is 17.1 Å². The zero-order chi connectivity index (χ0) is 29.6. The van der Waals surface area contributed by atoms with E-state index in [1.165, 1.54) is 148 Å². The van der Waals surface area contributed by atoms with Gasteiger partial charge < -0.3 is 13.0 Å². The monoisotopic (exact) mass is 597 g/mol. The van der Waals surface area contributed by atoms with Crippen LogP contribution in [0.2, 0.25) is 13.1 Å². The first-order valence-electron chi connectivity index (χ1n) is 17.7. The molecule has 0 fully saturated rings. The summed E-state index contributed by atoms with van der Waals surface area (Å²) < 4.78 is 19.1. The molecule has 0 aliphatic rings. The summed E-state index contributed by atoms with van der Waals surface area (Å²) in [6.45, 7) is 18.4. The molecule has 238 valence electrons. The van der Waals surface area contributed by atoms with Crippen LogP contribution in [0.4, 0.5) is 0 Å². The molecule has 0 aliphatic heterocycles. The van der Waals surface area contributed by atoms with Crippen LogP contribution in [0.1, 0.15) is 174 Å². The summed E-state index contributed by atoms with van der Waals surface area (Å²) in [5.74, 6) is 0. The minimum atomic E-state index is -2.46. The maximum atomic E-state index is 6.54. The Hall–Kier alpha value is -0.206. The molecule has 0 saturated heterocycles. The standard InChI is InChI=1S/C35H72O3Si2/c1-7-11-13-15-17-19-21-22-23-24-25-27-29-31-33-35-37-40(6,10-4)38-39(5,9-3)36-34-32-30-28-26-20-18-16-14-12-8-2/h9-10H,3-4,7-8,11-35H2,1-2,5-6H3. The van der Waals surface area contributed by atoms with Crippen molar-refractivity contribution >= 4 is 17.1 Å². The Kier molecular flexibility index (Phi) is 28.7. The van der Waals surface area contributed by atoms with Gasteiger partial charge in [-0.25, -0.2) is 0 Å². The Morgan fingerprint density at radius 1 is 0.400 bits per heavy atom. The Bertz CT molecular complexity index is 559. The van der Waals surface area contributed by atoms with Crippen LogP contribution in [-0.4, -0.2) is 30.3 Å². The molecule has 2 unspecified atom stereocenters. The molecule has 0 aliphatic carbocycles. The molecule has 0 saturated carbocycles. The second-order valence-corrected chi connectivity index (χ2v) is 18.6. The quantitative estimate of drug-likeness (QED) is 0.0557. The summed E-state index contributed by atoms with van der Waals surface area (Å²) in [7, 11) is -4.91. The van der Waals surface area contributed by atoms with Gasteiger partial charge in [0.05, 0.1) is 0 Å². The first kappa shape index (κ1) is 39.8. The molecule has 5 heteroatoms. The fourth-order valence-electron chi connectivity index (χ4n) is 5.28. The van der Waals surface area contributed by atoms with E-state index in [4.69, 9.17) is 13.0 Å². The summed E-state index contributed by atoms with van der Waals surface area (Å²) >= 11 is 0. The molecular formula is C35H72O3Si2. The van der Waals surface area contributed by atoms with Crippen molar-refractivity contribution in [2.24, 2.45) is 0 Å². The third-order valence-corrected chi connectivity index (χ3v) is 14.5. The van der Waals surface area contributed by atoms with Crippen molar-refractivity contribution in [3.63, 3.8) is 0 Å². The second kappa shape index (κ2) is 28.9. The summed E-state index contributed by atoms with van der Waals surface area (Å²) in [6.07, 6.45) is 34.0. The lowest BCUT2D eigenvalue weighted by Gasteiger charge is -2.33. The van der Waals surface area contributed by atoms with Crippen LogP contribution in [0.3, 0.4) is 0 Å². The molecule has 0 amide bonds. The van der Waals surface area contributed by atoms with Gasteiger partial charge in [-0.2, -0.15) is 0 Å². The zero-order valence-corrected chi connectivity index (χ0v) is 29.9. The van der Waals surface area contributed by atoms with Crippen LogP contribution < -0.4 is 0 Å². The molecule has 3 nitrogen and oxygen atoms in total. The number of rotatable bonds is 33. The SMILES string of the molecule is C=C[Si](C)(OCCCCCCCCCCCC)O[Si](C)(C=C)OCCCCCCCCCCCCCCCCC. The Morgan fingerprint density at radius 2 is 0.625 bits per heavy atom. The molecule has 0 bridgehead atoms. The van der Waals surface area contributed by atoms with E-state index in [1.807, 2.05) is 11.4 Å². The van der Waals surface area contributed by atoms with E-state index in [9.17, 15) is 0 Å². The summed E-state index contributed by atoms with van der Waals surface area (Å²) in [5.41, 5.74) is 3.83. The largest absolute Gasteiger partial charge is 0.409 e. The van der Waals surface area contributed by atoms with Gasteiger partial charge >= 0.3 is 17.1 Å². The molecular weight excluding hydrogens is 525 g/mol. The minimum absolute atomic E-state index is 0.756. The van der Waals surface area contributed by atoms with Gasteiger partial charge in [0.25, 0.3) is 0 Å². The third-order valence-electron chi connectivity index (χ3n) is 8.17. The summed E-state index contributed by atoms with van der Waals surface area (Å²) in [4.78, 5) is 0. The molecule has 0 N–H and O–H groups in total. The minimum Gasteiger partial charge on any atom is -0.409 e. The van der Waals surface area contributed by atoms with E-state index in [0.717, 1.165) is 26.1 Å². The predicted molar refractivity (Wildman–Crippen MR) is 183 cm³/mol. The highest BCUT2D eigenvalue weighted by Crippen LogP contribution is 2.21. The zero-order valence-electron chi connectivity index (χ0n) is 27.9. The van der Waals surface area contributed by atoms with Gasteiger partial charge in [-0.15, -0.1) is 13.2 Å². The molecule has 2 atom stereocenters. The molecule has 40 heavy (non-hydrogen) atoms. The molecule has 0 radical (unpaired) electrons. The maximum absolute atomic E-state index is 6.54. The number of unbranched alkanes of at least 4 members (excludes halogenated alkanes) is 23. The fraction of sp³-hybridized carbons (Fsp3) is 0.886. The summed E-state index contributed by atoms with van der Waals surface area (Å²) in [6, 6.07) is 0. The van der Waals surface area contributed by atoms with Crippen molar-refractivity contribution in [1.29, 1.82) is 0 Å². The van der Waals surface area contributed by atoms with Gasteiger partial charge in [-0.3, -0.25) is 0 Å². The first-order chi connectivity index (χ1) is 19.4. The maximum Gasteiger partial charge on any atom is 0.352 e. The van der Waals surface area contributed by atoms with Crippen LogP contribution in [0.25, 0.3) is 0 Å². The average molecular weight is 597 g/mol. The number of hydrogen-bond donors (Lipinski definition) is 0. The van der Waals surface area contributed by atoms with Crippen molar-refractivity contribution in [3.8, 4) is 0 Å². The fourth-order valence-corrected chi connectivity index (χ4v) is 11.0. The molecule has 0 spiro atoms. The molecule has 0 heterocycles. The van der Waals surface area contributed by atoms with E-state index in [1.54, 1.807) is 0 Å². The van der Waals surface area contributed by atoms with Crippen molar-refractivity contribution < 1.29 is 13.0 Å². The summed E-state index contributed by atoms with van der Waals surface area (Å²) in [5, 5.41) is 0. The van der Waals surface area contributed by atoms with Gasteiger partial charge in [-0.1, -0.05) is 173 Å². The van der Waals surface area contributed by atoms with Crippen LogP contribution in [-0.2, 0) is 13.0 Å². The van der Waals surface area contributed by atoms with E-state index in [0.29, 0.717) is 0 Å². The highest BCUT2D eigenvalue weighted by Gasteiger charge is 2.39. The van der Waals surface area contributed by atoms with Crippen molar-refractivity contribution in [3.05, 3.63) is 24.6 Å². The van der Waals surface area contributed by atoms with Crippen molar-refractivity contribution in [1.82, 2.24) is 0 Å². The van der Waals surface area contributed by atoms with Crippen LogP contribution in [0.5, 0.6) is 0 Å². The van der Waals surface area contributed by atoms with E-state index >= 15 is 0 Å². The normalized spacial score (nSPS) is 14.6. The van der Waals surface area contributed by atoms with Gasteiger partial charge in [-0.05, 0) is 25.9 Å². The van der Waals surface area contributed by atoms with Crippen molar-refractivity contribution in [2.75, 3.05) is 13.2 Å². The average Bonchev–Trinajstić information content (AvgIpc) is 2.95. The van der Waals surface area contributed by atoms with Crippen LogP contribution >= 0.6 is 0 Å². The first-order valence-corrected chi connectivity index (χ1v) is 22.5. The topological polar surface area (TPSA) is 27.7 Å². The predicted octanol–water partition coefficient (Wildman–Crippen LogP) is 12.4. The van der Waals surface area contributed by atoms with Gasteiger partial charge in [0.2, 0.25) is 0 Å². The number of hydrogen-bond acceptors (Lipinski definition) is 3. The van der Waals surface area contributed by atoms with Gasteiger partial charge in [0.1, 0.15) is 0 Å². The highest BCUT2D eigenvalue weighted by atomic mass is 28.5. The smallest absolute Gasteiger partial charge is 0.352 e. The van der Waals surface area contributed by atoms with Gasteiger partial charge in [0.15, 0.2) is 0 Å². The molecule has 0 aromatic carbocycles. The lowest BCUT2D eigenvalue weighted by molar-refractivity contribution is 0.196. The molecule has 0 rings (SSSR count). The van der Waals surface area contributed by atoms with E-state index in [2.05, 4.69) is 40.1 Å². The van der Waals surface area contributed by atoms with Crippen LogP contribution in [0, 0.1) is 0 Å².